The van der Waals surface area contributed by atoms with E-state index in [2.05, 4.69) is 10.0 Å². The van der Waals surface area contributed by atoms with Crippen LogP contribution in [0.5, 0.6) is 5.75 Å². The van der Waals surface area contributed by atoms with E-state index < -0.39 is 32.5 Å². The van der Waals surface area contributed by atoms with Gasteiger partial charge in [0.25, 0.3) is 10.0 Å². The summed E-state index contributed by atoms with van der Waals surface area (Å²) >= 11 is 0. The van der Waals surface area contributed by atoms with Crippen LogP contribution in [-0.4, -0.2) is 42.4 Å². The molecule has 0 heterocycles. The summed E-state index contributed by atoms with van der Waals surface area (Å²) in [5.41, 5.74) is 1.29. The summed E-state index contributed by atoms with van der Waals surface area (Å²) in [6.07, 6.45) is 0. The van der Waals surface area contributed by atoms with Crippen LogP contribution >= 0.6 is 0 Å². The molecular weight excluding hydrogens is 502 g/mol. The molecule has 0 spiro atoms. The monoisotopic (exact) mass is 531 g/mol. The van der Waals surface area contributed by atoms with Crippen molar-refractivity contribution in [1.82, 2.24) is 4.72 Å². The molecule has 2 N–H and O–H groups in total. The van der Waals surface area contributed by atoms with Crippen LogP contribution in [0.2, 0.25) is 0 Å². The summed E-state index contributed by atoms with van der Waals surface area (Å²) in [6.45, 7) is 4.68. The van der Waals surface area contributed by atoms with E-state index in [1.54, 1.807) is 56.3 Å². The van der Waals surface area contributed by atoms with Gasteiger partial charge in [0.1, 0.15) is 12.3 Å². The molecule has 0 aromatic heterocycles. The molecular formula is C25H29N3O6S2. The SMILES string of the molecule is COc1ccc(S(=O)(=O)NC(C)C)cc1NC(=O)CN(c1ccccc1)S(=O)(=O)c1ccc(C)cc1. The van der Waals surface area contributed by atoms with Gasteiger partial charge in [-0.2, -0.15) is 0 Å². The van der Waals surface area contributed by atoms with Gasteiger partial charge in [-0.3, -0.25) is 9.10 Å². The molecule has 0 fully saturated rings. The standard InChI is InChI=1S/C25H29N3O6S2/c1-18(2)27-35(30,31)22-14-15-24(34-4)23(16-22)26-25(29)17-28(20-8-6-5-7-9-20)36(32,33)21-12-10-19(3)11-13-21/h5-16,18,27H,17H2,1-4H3,(H,26,29). The second-order valence-corrected chi connectivity index (χ2v) is 11.9. The van der Waals surface area contributed by atoms with Gasteiger partial charge in [0.2, 0.25) is 15.9 Å². The zero-order chi connectivity index (χ0) is 26.5. The summed E-state index contributed by atoms with van der Waals surface area (Å²) in [4.78, 5) is 13.1. The van der Waals surface area contributed by atoms with Gasteiger partial charge in [-0.05, 0) is 63.2 Å². The molecule has 1 amide bonds. The minimum Gasteiger partial charge on any atom is -0.495 e. The first-order valence-corrected chi connectivity index (χ1v) is 14.0. The first-order valence-electron chi connectivity index (χ1n) is 11.1. The number of hydrogen-bond acceptors (Lipinski definition) is 6. The molecule has 0 radical (unpaired) electrons. The molecule has 0 atom stereocenters. The first-order chi connectivity index (χ1) is 16.9. The van der Waals surface area contributed by atoms with E-state index in [1.165, 1.54) is 37.4 Å². The number of hydrogen-bond donors (Lipinski definition) is 2. The van der Waals surface area contributed by atoms with Crippen molar-refractivity contribution in [3.8, 4) is 5.75 Å². The lowest BCUT2D eigenvalue weighted by molar-refractivity contribution is -0.114. The third kappa shape index (κ3) is 6.42. The highest BCUT2D eigenvalue weighted by molar-refractivity contribution is 7.92. The fourth-order valence-electron chi connectivity index (χ4n) is 3.40. The number of anilines is 2. The van der Waals surface area contributed by atoms with E-state index in [9.17, 15) is 21.6 Å². The maximum absolute atomic E-state index is 13.5. The number of methoxy groups -OCH3 is 1. The van der Waals surface area contributed by atoms with Crippen LogP contribution in [0.1, 0.15) is 19.4 Å². The minimum absolute atomic E-state index is 0.0372. The van der Waals surface area contributed by atoms with Crippen molar-refractivity contribution in [2.45, 2.75) is 36.6 Å². The lowest BCUT2D eigenvalue weighted by atomic mass is 10.2. The van der Waals surface area contributed by atoms with E-state index in [0.717, 1.165) is 9.87 Å². The van der Waals surface area contributed by atoms with Gasteiger partial charge in [-0.25, -0.2) is 21.6 Å². The van der Waals surface area contributed by atoms with Crippen LogP contribution in [0.4, 0.5) is 11.4 Å². The third-order valence-corrected chi connectivity index (χ3v) is 8.53. The molecule has 3 aromatic carbocycles. The molecule has 9 nitrogen and oxygen atoms in total. The van der Waals surface area contributed by atoms with E-state index >= 15 is 0 Å². The molecule has 0 saturated heterocycles. The summed E-state index contributed by atoms with van der Waals surface area (Å²) in [7, 11) is -6.54. The van der Waals surface area contributed by atoms with Crippen LogP contribution < -0.4 is 19.1 Å². The van der Waals surface area contributed by atoms with Crippen molar-refractivity contribution in [2.24, 2.45) is 0 Å². The maximum atomic E-state index is 13.5. The second kappa shape index (κ2) is 11.1. The number of sulfonamides is 2. The number of nitrogens with one attached hydrogen (secondary N) is 2. The van der Waals surface area contributed by atoms with Crippen LogP contribution in [0.15, 0.2) is 82.6 Å². The van der Waals surface area contributed by atoms with E-state index in [1.807, 2.05) is 6.92 Å². The summed E-state index contributed by atoms with van der Waals surface area (Å²) in [5, 5.41) is 2.60. The maximum Gasteiger partial charge on any atom is 0.264 e. The van der Waals surface area contributed by atoms with Gasteiger partial charge >= 0.3 is 0 Å². The minimum atomic E-state index is -4.08. The van der Waals surface area contributed by atoms with Crippen molar-refractivity contribution < 1.29 is 26.4 Å². The predicted molar refractivity (Wildman–Crippen MR) is 139 cm³/mol. The van der Waals surface area contributed by atoms with E-state index in [0.29, 0.717) is 5.69 Å². The Kier molecular flexibility index (Phi) is 8.39. The Labute approximate surface area is 212 Å². The summed E-state index contributed by atoms with van der Waals surface area (Å²) in [6, 6.07) is 18.3. The Hall–Kier alpha value is -3.41. The predicted octanol–water partition coefficient (Wildman–Crippen LogP) is 3.52. The number of rotatable bonds is 10. The van der Waals surface area contributed by atoms with Gasteiger partial charge in [0.05, 0.1) is 28.3 Å². The second-order valence-electron chi connectivity index (χ2n) is 8.35. The zero-order valence-electron chi connectivity index (χ0n) is 20.4. The quantitative estimate of drug-likeness (QED) is 0.413. The number of carbonyl (C=O) groups is 1. The fourth-order valence-corrected chi connectivity index (χ4v) is 6.10. The average molecular weight is 532 g/mol. The highest BCUT2D eigenvalue weighted by atomic mass is 32.2. The number of nitrogens with zero attached hydrogens (tertiary/aromatic N) is 1. The van der Waals surface area contributed by atoms with E-state index in [4.69, 9.17) is 4.74 Å². The van der Waals surface area contributed by atoms with Crippen LogP contribution in [0.25, 0.3) is 0 Å². The van der Waals surface area contributed by atoms with Gasteiger partial charge in [-0.1, -0.05) is 35.9 Å². The molecule has 0 aliphatic heterocycles. The highest BCUT2D eigenvalue weighted by Gasteiger charge is 2.28. The Balaban J connectivity index is 1.95. The highest BCUT2D eigenvalue weighted by Crippen LogP contribution is 2.29. The number of benzene rings is 3. The van der Waals surface area contributed by atoms with Crippen LogP contribution in [-0.2, 0) is 24.8 Å². The zero-order valence-corrected chi connectivity index (χ0v) is 22.1. The smallest absolute Gasteiger partial charge is 0.264 e. The van der Waals surface area contributed by atoms with Gasteiger partial charge in [0, 0.05) is 6.04 Å². The van der Waals surface area contributed by atoms with Gasteiger partial charge in [0.15, 0.2) is 0 Å². The third-order valence-electron chi connectivity index (χ3n) is 5.09. The molecule has 36 heavy (non-hydrogen) atoms. The molecule has 0 aliphatic carbocycles. The Morgan fingerprint density at radius 2 is 1.53 bits per heavy atom. The number of para-hydroxylation sites is 1. The van der Waals surface area contributed by atoms with Crippen molar-refractivity contribution in [3.63, 3.8) is 0 Å². The Morgan fingerprint density at radius 1 is 0.917 bits per heavy atom. The summed E-state index contributed by atoms with van der Waals surface area (Å²) in [5.74, 6) is -0.460. The molecule has 0 unspecified atom stereocenters. The molecule has 0 bridgehead atoms. The number of amides is 1. The van der Waals surface area contributed by atoms with Crippen molar-refractivity contribution in [3.05, 3.63) is 78.4 Å². The molecule has 0 saturated carbocycles. The molecule has 11 heteroatoms. The molecule has 0 aliphatic rings. The molecule has 192 valence electrons. The lowest BCUT2D eigenvalue weighted by Crippen LogP contribution is -2.38. The largest absolute Gasteiger partial charge is 0.495 e. The number of ether oxygens (including phenoxy) is 1. The van der Waals surface area contributed by atoms with Crippen LogP contribution in [0.3, 0.4) is 0 Å². The van der Waals surface area contributed by atoms with Gasteiger partial charge in [-0.15, -0.1) is 0 Å². The topological polar surface area (TPSA) is 122 Å². The van der Waals surface area contributed by atoms with E-state index in [-0.39, 0.29) is 27.3 Å². The van der Waals surface area contributed by atoms with Crippen LogP contribution in [0, 0.1) is 6.92 Å². The fraction of sp³-hybridized carbons (Fsp3) is 0.240. The Morgan fingerprint density at radius 3 is 2.11 bits per heavy atom. The van der Waals surface area contributed by atoms with Crippen molar-refractivity contribution in [1.29, 1.82) is 0 Å². The Bertz CT molecular complexity index is 1420. The molecule has 3 rings (SSSR count). The number of aryl methyl sites for hydroxylation is 1. The van der Waals surface area contributed by atoms with Gasteiger partial charge < -0.3 is 10.1 Å². The lowest BCUT2D eigenvalue weighted by Gasteiger charge is -2.24. The van der Waals surface area contributed by atoms with Crippen molar-refractivity contribution in [2.75, 3.05) is 23.3 Å². The molecule has 3 aromatic rings. The average Bonchev–Trinajstić information content (AvgIpc) is 2.82. The normalized spacial score (nSPS) is 11.8. The summed E-state index contributed by atoms with van der Waals surface area (Å²) < 4.78 is 60.9. The first kappa shape index (κ1) is 27.2. The van der Waals surface area contributed by atoms with Crippen molar-refractivity contribution >= 4 is 37.3 Å². The number of carbonyl (C=O) groups excluding carboxylic acids is 1.